The smallest absolute Gasteiger partial charge is 0.189 e. The molecule has 0 saturated carbocycles. The van der Waals surface area contributed by atoms with Gasteiger partial charge in [-0.3, -0.25) is 0 Å². The summed E-state index contributed by atoms with van der Waals surface area (Å²) in [5.41, 5.74) is 1.88. The van der Waals surface area contributed by atoms with E-state index in [1.54, 1.807) is 0 Å². The first-order chi connectivity index (χ1) is 10.7. The highest BCUT2D eigenvalue weighted by molar-refractivity contribution is 7.98. The summed E-state index contributed by atoms with van der Waals surface area (Å²) in [6.07, 6.45) is 2.63. The molecule has 6 heteroatoms. The summed E-state index contributed by atoms with van der Waals surface area (Å²) >= 11 is 1.42. The number of hydrogen-bond donors (Lipinski definition) is 2. The van der Waals surface area contributed by atoms with E-state index < -0.39 is 0 Å². The Balaban J connectivity index is 2.56. The molecule has 1 heterocycles. The minimum atomic E-state index is -0.139. The lowest BCUT2D eigenvalue weighted by molar-refractivity contribution is 0.271. The predicted molar refractivity (Wildman–Crippen MR) is 88.8 cm³/mol. The molecule has 0 saturated heterocycles. The molecule has 114 valence electrons. The van der Waals surface area contributed by atoms with Crippen LogP contribution in [0.4, 0.5) is 5.82 Å². The van der Waals surface area contributed by atoms with Crippen LogP contribution < -0.4 is 5.32 Å². The number of thioether (sulfide) groups is 1. The molecule has 0 aliphatic heterocycles. The Morgan fingerprint density at radius 3 is 2.59 bits per heavy atom. The van der Waals surface area contributed by atoms with Gasteiger partial charge in [-0.2, -0.15) is 5.26 Å². The molecule has 0 amide bonds. The quantitative estimate of drug-likeness (QED) is 0.630. The summed E-state index contributed by atoms with van der Waals surface area (Å²) < 4.78 is 0. The van der Waals surface area contributed by atoms with Gasteiger partial charge in [-0.15, -0.1) is 0 Å². The number of aromatic nitrogens is 2. The van der Waals surface area contributed by atoms with E-state index in [0.717, 1.165) is 12.0 Å². The molecular formula is C16H18N4OS. The fourth-order valence-electron chi connectivity index (χ4n) is 2.02. The van der Waals surface area contributed by atoms with Crippen LogP contribution in [-0.2, 0) is 0 Å². The number of nitrogens with zero attached hydrogens (tertiary/aromatic N) is 3. The van der Waals surface area contributed by atoms with Crippen molar-refractivity contribution in [2.24, 2.45) is 0 Å². The second-order valence-electron chi connectivity index (χ2n) is 4.69. The fourth-order valence-corrected chi connectivity index (χ4v) is 2.38. The molecule has 0 aliphatic carbocycles. The van der Waals surface area contributed by atoms with Gasteiger partial charge in [0.05, 0.1) is 18.3 Å². The van der Waals surface area contributed by atoms with Gasteiger partial charge in [0.15, 0.2) is 5.16 Å². The van der Waals surface area contributed by atoms with Gasteiger partial charge in [0.2, 0.25) is 0 Å². The van der Waals surface area contributed by atoms with Crippen molar-refractivity contribution in [1.29, 1.82) is 5.26 Å². The maximum atomic E-state index is 9.54. The molecule has 0 spiro atoms. The number of aliphatic hydroxyl groups is 1. The van der Waals surface area contributed by atoms with Crippen LogP contribution in [0.3, 0.4) is 0 Å². The Bertz CT molecular complexity index is 666. The van der Waals surface area contributed by atoms with E-state index >= 15 is 0 Å². The van der Waals surface area contributed by atoms with Gasteiger partial charge < -0.3 is 10.4 Å². The largest absolute Gasteiger partial charge is 0.394 e. The molecule has 1 aromatic carbocycles. The van der Waals surface area contributed by atoms with Crippen molar-refractivity contribution in [2.75, 3.05) is 18.2 Å². The standard InChI is InChI=1S/C16H18N4OS/c1-3-12(10-21)18-15-13(9-17)14(19-16(20-15)22-2)11-7-5-4-6-8-11/h4-8,12,21H,3,10H2,1-2H3,(H,18,19,20). The van der Waals surface area contributed by atoms with Crippen LogP contribution in [0.5, 0.6) is 0 Å². The normalized spacial score (nSPS) is 11.7. The summed E-state index contributed by atoms with van der Waals surface area (Å²) in [4.78, 5) is 8.87. The van der Waals surface area contributed by atoms with Crippen molar-refractivity contribution in [2.45, 2.75) is 24.5 Å². The third kappa shape index (κ3) is 3.56. The lowest BCUT2D eigenvalue weighted by Crippen LogP contribution is -2.24. The first kappa shape index (κ1) is 16.3. The van der Waals surface area contributed by atoms with Crippen molar-refractivity contribution in [3.05, 3.63) is 35.9 Å². The SMILES string of the molecule is CCC(CO)Nc1nc(SC)nc(-c2ccccc2)c1C#N. The summed E-state index contributed by atoms with van der Waals surface area (Å²) in [6, 6.07) is 11.6. The summed E-state index contributed by atoms with van der Waals surface area (Å²) in [5.74, 6) is 0.474. The minimum absolute atomic E-state index is 0.0133. The monoisotopic (exact) mass is 314 g/mol. The van der Waals surface area contributed by atoms with Crippen molar-refractivity contribution in [3.8, 4) is 17.3 Å². The van der Waals surface area contributed by atoms with Crippen molar-refractivity contribution >= 4 is 17.6 Å². The van der Waals surface area contributed by atoms with Crippen molar-refractivity contribution in [3.63, 3.8) is 0 Å². The van der Waals surface area contributed by atoms with Gasteiger partial charge in [-0.1, -0.05) is 49.0 Å². The topological polar surface area (TPSA) is 81.8 Å². The Morgan fingerprint density at radius 1 is 1.32 bits per heavy atom. The molecule has 0 fully saturated rings. The lowest BCUT2D eigenvalue weighted by Gasteiger charge is -2.17. The van der Waals surface area contributed by atoms with Crippen LogP contribution >= 0.6 is 11.8 Å². The van der Waals surface area contributed by atoms with Crippen LogP contribution in [0, 0.1) is 11.3 Å². The van der Waals surface area contributed by atoms with E-state index in [4.69, 9.17) is 0 Å². The first-order valence-corrected chi connectivity index (χ1v) is 8.24. The maximum absolute atomic E-state index is 9.54. The molecule has 1 unspecified atom stereocenters. The summed E-state index contributed by atoms with van der Waals surface area (Å²) in [5, 5.41) is 22.6. The van der Waals surface area contributed by atoms with Crippen LogP contribution in [0.1, 0.15) is 18.9 Å². The van der Waals surface area contributed by atoms with Gasteiger partial charge in [0.25, 0.3) is 0 Å². The number of nitrogens with one attached hydrogen (secondary N) is 1. The van der Waals surface area contributed by atoms with E-state index in [0.29, 0.717) is 22.2 Å². The molecule has 22 heavy (non-hydrogen) atoms. The molecule has 1 aromatic heterocycles. The first-order valence-electron chi connectivity index (χ1n) is 7.02. The van der Waals surface area contributed by atoms with Crippen LogP contribution in [0.15, 0.2) is 35.5 Å². The van der Waals surface area contributed by atoms with E-state index in [1.165, 1.54) is 11.8 Å². The van der Waals surface area contributed by atoms with E-state index in [-0.39, 0.29) is 12.6 Å². The van der Waals surface area contributed by atoms with Crippen LogP contribution in [0.2, 0.25) is 0 Å². The van der Waals surface area contributed by atoms with Crippen LogP contribution in [-0.4, -0.2) is 34.0 Å². The molecular weight excluding hydrogens is 296 g/mol. The molecule has 0 radical (unpaired) electrons. The van der Waals surface area contributed by atoms with Gasteiger partial charge in [0, 0.05) is 5.56 Å². The summed E-state index contributed by atoms with van der Waals surface area (Å²) in [6.45, 7) is 1.95. The molecule has 2 rings (SSSR count). The molecule has 0 aliphatic rings. The van der Waals surface area contributed by atoms with Crippen LogP contribution in [0.25, 0.3) is 11.3 Å². The zero-order chi connectivity index (χ0) is 15.9. The van der Waals surface area contributed by atoms with Gasteiger partial charge in [-0.05, 0) is 12.7 Å². The number of aliphatic hydroxyl groups excluding tert-OH is 1. The molecule has 2 N–H and O–H groups in total. The fraction of sp³-hybridized carbons (Fsp3) is 0.312. The second-order valence-corrected chi connectivity index (χ2v) is 5.47. The lowest BCUT2D eigenvalue weighted by atomic mass is 10.1. The van der Waals surface area contributed by atoms with Gasteiger partial charge in [0.1, 0.15) is 17.5 Å². The molecule has 0 bridgehead atoms. The van der Waals surface area contributed by atoms with Gasteiger partial charge in [-0.25, -0.2) is 9.97 Å². The number of benzene rings is 1. The van der Waals surface area contributed by atoms with Gasteiger partial charge >= 0.3 is 0 Å². The third-order valence-electron chi connectivity index (χ3n) is 3.28. The average molecular weight is 314 g/mol. The van der Waals surface area contributed by atoms with E-state index in [9.17, 15) is 10.4 Å². The Hall–Kier alpha value is -2.10. The van der Waals surface area contributed by atoms with E-state index in [1.807, 2.05) is 43.5 Å². The number of hydrogen-bond acceptors (Lipinski definition) is 6. The Morgan fingerprint density at radius 2 is 2.05 bits per heavy atom. The Labute approximate surface area is 134 Å². The highest BCUT2D eigenvalue weighted by Gasteiger charge is 2.17. The summed E-state index contributed by atoms with van der Waals surface area (Å²) in [7, 11) is 0. The number of nitriles is 1. The Kier molecular flexibility index (Phi) is 5.75. The molecule has 1 atom stereocenters. The van der Waals surface area contributed by atoms with Crippen molar-refractivity contribution < 1.29 is 5.11 Å². The highest BCUT2D eigenvalue weighted by atomic mass is 32.2. The minimum Gasteiger partial charge on any atom is -0.394 e. The highest BCUT2D eigenvalue weighted by Crippen LogP contribution is 2.28. The number of rotatable bonds is 6. The molecule has 2 aromatic rings. The third-order valence-corrected chi connectivity index (χ3v) is 3.83. The zero-order valence-corrected chi connectivity index (χ0v) is 13.4. The predicted octanol–water partition coefficient (Wildman–Crippen LogP) is 2.92. The number of anilines is 1. The second kappa shape index (κ2) is 7.78. The van der Waals surface area contributed by atoms with Crippen molar-refractivity contribution in [1.82, 2.24) is 9.97 Å². The maximum Gasteiger partial charge on any atom is 0.189 e. The van der Waals surface area contributed by atoms with E-state index in [2.05, 4.69) is 21.4 Å². The average Bonchev–Trinajstić information content (AvgIpc) is 2.59. The molecule has 5 nitrogen and oxygen atoms in total. The zero-order valence-electron chi connectivity index (χ0n) is 12.6.